The van der Waals surface area contributed by atoms with Gasteiger partial charge < -0.3 is 10.2 Å². The minimum absolute atomic E-state index is 0.213. The molecule has 0 aliphatic rings. The fourth-order valence-corrected chi connectivity index (χ4v) is 2.94. The molecule has 28 heavy (non-hydrogen) atoms. The molecular weight excluding hydrogens is 344 g/mol. The summed E-state index contributed by atoms with van der Waals surface area (Å²) in [5.41, 5.74) is 6.69. The van der Waals surface area contributed by atoms with Crippen LogP contribution in [-0.4, -0.2) is 10.2 Å². The van der Waals surface area contributed by atoms with Crippen molar-refractivity contribution in [1.29, 1.82) is 0 Å². The average Bonchev–Trinajstić information content (AvgIpc) is 2.65. The molecule has 1 atom stereocenters. The lowest BCUT2D eigenvalue weighted by atomic mass is 9.92. The predicted octanol–water partition coefficient (Wildman–Crippen LogP) is 6.93. The quantitative estimate of drug-likeness (QED) is 0.514. The minimum Gasteiger partial charge on any atom is -0.508 e. The van der Waals surface area contributed by atoms with E-state index in [4.69, 9.17) is 0 Å². The zero-order valence-corrected chi connectivity index (χ0v) is 17.7. The van der Waals surface area contributed by atoms with E-state index in [9.17, 15) is 10.2 Å². The summed E-state index contributed by atoms with van der Waals surface area (Å²) >= 11 is 0. The van der Waals surface area contributed by atoms with Gasteiger partial charge in [0.25, 0.3) is 0 Å². The van der Waals surface area contributed by atoms with Crippen LogP contribution >= 0.6 is 0 Å². The van der Waals surface area contributed by atoms with Gasteiger partial charge in [-0.25, -0.2) is 0 Å². The summed E-state index contributed by atoms with van der Waals surface area (Å²) in [5.74, 6) is 0.898. The molecule has 2 heteroatoms. The van der Waals surface area contributed by atoms with Crippen LogP contribution in [0.15, 0.2) is 65.8 Å². The Bertz CT molecular complexity index is 834. The highest BCUT2D eigenvalue weighted by molar-refractivity contribution is 5.53. The van der Waals surface area contributed by atoms with E-state index in [0.717, 1.165) is 29.5 Å². The number of benzene rings is 2. The highest BCUT2D eigenvalue weighted by atomic mass is 16.3. The molecule has 1 unspecified atom stereocenters. The van der Waals surface area contributed by atoms with E-state index in [-0.39, 0.29) is 11.7 Å². The summed E-state index contributed by atoms with van der Waals surface area (Å²) < 4.78 is 0. The Kier molecular flexibility index (Phi) is 7.69. The molecular formula is C26H32O2. The van der Waals surface area contributed by atoms with E-state index in [0.29, 0.717) is 5.75 Å². The minimum atomic E-state index is 0.213. The van der Waals surface area contributed by atoms with Gasteiger partial charge in [0.2, 0.25) is 0 Å². The van der Waals surface area contributed by atoms with Gasteiger partial charge in [0.05, 0.1) is 0 Å². The SMILES string of the molecule is CC(C)=CCc1cc(C(C)C=Cc2ccc(O)cc2)cc(CC=C(C)C)c1O. The van der Waals surface area contributed by atoms with Crippen molar-refractivity contribution in [1.82, 2.24) is 0 Å². The van der Waals surface area contributed by atoms with Gasteiger partial charge in [0, 0.05) is 0 Å². The number of allylic oxidation sites excluding steroid dienone is 5. The number of hydrogen-bond acceptors (Lipinski definition) is 2. The molecule has 148 valence electrons. The predicted molar refractivity (Wildman–Crippen MR) is 120 cm³/mol. The Morgan fingerprint density at radius 2 is 1.36 bits per heavy atom. The second-order valence-electron chi connectivity index (χ2n) is 7.90. The zero-order chi connectivity index (χ0) is 20.7. The van der Waals surface area contributed by atoms with Crippen LogP contribution < -0.4 is 0 Å². The first kappa shape index (κ1) is 21.6. The van der Waals surface area contributed by atoms with Crippen LogP contribution in [0.2, 0.25) is 0 Å². The van der Waals surface area contributed by atoms with Crippen molar-refractivity contribution in [3.63, 3.8) is 0 Å². The Morgan fingerprint density at radius 3 is 1.82 bits per heavy atom. The van der Waals surface area contributed by atoms with Crippen LogP contribution in [0.4, 0.5) is 0 Å². The van der Waals surface area contributed by atoms with Crippen molar-refractivity contribution in [2.75, 3.05) is 0 Å². The first-order chi connectivity index (χ1) is 13.3. The van der Waals surface area contributed by atoms with Gasteiger partial charge in [0.15, 0.2) is 0 Å². The molecule has 0 aliphatic heterocycles. The highest BCUT2D eigenvalue weighted by Gasteiger charge is 2.12. The number of aromatic hydroxyl groups is 2. The number of rotatable bonds is 7. The number of hydrogen-bond donors (Lipinski definition) is 2. The standard InChI is InChI=1S/C26H32O2/c1-18(2)6-12-22-16-24(17-23(26(22)28)13-7-19(3)4)20(5)8-9-21-10-14-25(27)15-11-21/h6-11,14-17,20,27-28H,12-13H2,1-5H3. The Hall–Kier alpha value is -2.74. The Morgan fingerprint density at radius 1 is 0.857 bits per heavy atom. The van der Waals surface area contributed by atoms with E-state index in [1.165, 1.54) is 16.7 Å². The number of phenols is 2. The smallest absolute Gasteiger partial charge is 0.122 e. The molecule has 0 bridgehead atoms. The maximum Gasteiger partial charge on any atom is 0.122 e. The third-order valence-electron chi connectivity index (χ3n) is 4.75. The van der Waals surface area contributed by atoms with Crippen LogP contribution in [0, 0.1) is 0 Å². The molecule has 0 saturated heterocycles. The largest absolute Gasteiger partial charge is 0.508 e. The Balaban J connectivity index is 2.35. The maximum absolute atomic E-state index is 10.8. The molecule has 0 heterocycles. The molecule has 0 spiro atoms. The van der Waals surface area contributed by atoms with Crippen molar-refractivity contribution in [2.45, 2.75) is 53.4 Å². The first-order valence-electron chi connectivity index (χ1n) is 9.85. The molecule has 2 aromatic carbocycles. The topological polar surface area (TPSA) is 40.5 Å². The Labute approximate surface area is 169 Å². The fraction of sp³-hybridized carbons (Fsp3) is 0.308. The van der Waals surface area contributed by atoms with Crippen LogP contribution in [0.1, 0.15) is 62.8 Å². The normalized spacial score (nSPS) is 12.0. The molecule has 0 radical (unpaired) electrons. The van der Waals surface area contributed by atoms with Crippen LogP contribution in [-0.2, 0) is 12.8 Å². The lowest BCUT2D eigenvalue weighted by molar-refractivity contribution is 0.463. The molecule has 0 fully saturated rings. The van der Waals surface area contributed by atoms with Crippen LogP contribution in [0.25, 0.3) is 6.08 Å². The first-order valence-corrected chi connectivity index (χ1v) is 9.85. The fourth-order valence-electron chi connectivity index (χ4n) is 2.94. The summed E-state index contributed by atoms with van der Waals surface area (Å²) in [7, 11) is 0. The summed E-state index contributed by atoms with van der Waals surface area (Å²) in [4.78, 5) is 0. The molecule has 2 N–H and O–H groups in total. The van der Waals surface area contributed by atoms with E-state index >= 15 is 0 Å². The summed E-state index contributed by atoms with van der Waals surface area (Å²) in [5, 5.41) is 20.2. The van der Waals surface area contributed by atoms with Crippen molar-refractivity contribution in [3.8, 4) is 11.5 Å². The molecule has 2 nitrogen and oxygen atoms in total. The molecule has 0 aromatic heterocycles. The molecule has 2 rings (SSSR count). The van der Waals surface area contributed by atoms with Gasteiger partial charge in [-0.05, 0) is 80.8 Å². The third kappa shape index (κ3) is 6.45. The van der Waals surface area contributed by atoms with Gasteiger partial charge >= 0.3 is 0 Å². The molecule has 0 amide bonds. The van der Waals surface area contributed by atoms with Gasteiger partial charge in [0.1, 0.15) is 11.5 Å². The van der Waals surface area contributed by atoms with Crippen molar-refractivity contribution >= 4 is 6.08 Å². The van der Waals surface area contributed by atoms with E-state index in [2.05, 4.69) is 71.1 Å². The maximum atomic E-state index is 10.8. The second-order valence-corrected chi connectivity index (χ2v) is 7.90. The monoisotopic (exact) mass is 376 g/mol. The van der Waals surface area contributed by atoms with Gasteiger partial charge in [-0.3, -0.25) is 0 Å². The van der Waals surface area contributed by atoms with Crippen LogP contribution in [0.5, 0.6) is 11.5 Å². The second kappa shape index (κ2) is 9.98. The van der Waals surface area contributed by atoms with Crippen molar-refractivity contribution in [3.05, 3.63) is 88.0 Å². The summed E-state index contributed by atoms with van der Waals surface area (Å²) in [6.45, 7) is 10.5. The van der Waals surface area contributed by atoms with E-state index in [1.54, 1.807) is 12.1 Å². The molecule has 0 aliphatic carbocycles. The third-order valence-corrected chi connectivity index (χ3v) is 4.75. The zero-order valence-electron chi connectivity index (χ0n) is 17.7. The average molecular weight is 377 g/mol. The lowest BCUT2D eigenvalue weighted by Crippen LogP contribution is -1.97. The van der Waals surface area contributed by atoms with E-state index in [1.807, 2.05) is 12.1 Å². The summed E-state index contributed by atoms with van der Waals surface area (Å²) in [6, 6.07) is 11.4. The molecule has 2 aromatic rings. The highest BCUT2D eigenvalue weighted by Crippen LogP contribution is 2.31. The van der Waals surface area contributed by atoms with Crippen molar-refractivity contribution in [2.24, 2.45) is 0 Å². The van der Waals surface area contributed by atoms with Crippen molar-refractivity contribution < 1.29 is 10.2 Å². The number of phenolic OH excluding ortho intramolecular Hbond substituents is 2. The molecule has 0 saturated carbocycles. The van der Waals surface area contributed by atoms with E-state index < -0.39 is 0 Å². The van der Waals surface area contributed by atoms with Gasteiger partial charge in [-0.1, -0.05) is 66.6 Å². The lowest BCUT2D eigenvalue weighted by Gasteiger charge is -2.15. The summed E-state index contributed by atoms with van der Waals surface area (Å²) in [6.07, 6.45) is 10.0. The van der Waals surface area contributed by atoms with Crippen LogP contribution in [0.3, 0.4) is 0 Å². The van der Waals surface area contributed by atoms with Gasteiger partial charge in [-0.15, -0.1) is 0 Å². The van der Waals surface area contributed by atoms with Gasteiger partial charge in [-0.2, -0.15) is 0 Å².